The Labute approximate surface area is 180 Å². The van der Waals surface area contributed by atoms with Crippen molar-refractivity contribution in [3.63, 3.8) is 0 Å². The van der Waals surface area contributed by atoms with Crippen LogP contribution in [-0.2, 0) is 14.8 Å². The number of ether oxygens (including phenoxy) is 1. The van der Waals surface area contributed by atoms with Crippen molar-refractivity contribution in [2.45, 2.75) is 37.6 Å². The Balaban J connectivity index is 1.60. The van der Waals surface area contributed by atoms with Crippen LogP contribution in [0.4, 0.5) is 0 Å². The van der Waals surface area contributed by atoms with Gasteiger partial charge in [-0.1, -0.05) is 28.1 Å². The van der Waals surface area contributed by atoms with Crippen molar-refractivity contribution in [3.8, 4) is 5.75 Å². The zero-order chi connectivity index (χ0) is 21.0. The first-order valence-corrected chi connectivity index (χ1v) is 11.8. The first kappa shape index (κ1) is 21.8. The van der Waals surface area contributed by atoms with Gasteiger partial charge in [0.15, 0.2) is 6.61 Å². The zero-order valence-corrected chi connectivity index (χ0v) is 18.9. The van der Waals surface area contributed by atoms with E-state index in [9.17, 15) is 13.2 Å². The first-order chi connectivity index (χ1) is 13.8. The lowest BCUT2D eigenvalue weighted by molar-refractivity contribution is -0.123. The number of sulfonamides is 1. The SMILES string of the molecule is Cc1cc(S(=O)(=O)N2CCCC2)ccc1OCC(=O)N[C@@H](C)c1cccc(Br)c1. The smallest absolute Gasteiger partial charge is 0.258 e. The number of amides is 1. The van der Waals surface area contributed by atoms with E-state index in [0.29, 0.717) is 24.4 Å². The van der Waals surface area contributed by atoms with E-state index in [1.165, 1.54) is 10.4 Å². The third-order valence-electron chi connectivity index (χ3n) is 4.93. The van der Waals surface area contributed by atoms with E-state index < -0.39 is 10.0 Å². The van der Waals surface area contributed by atoms with Crippen LogP contribution in [0, 0.1) is 6.92 Å². The topological polar surface area (TPSA) is 75.7 Å². The van der Waals surface area contributed by atoms with Crippen LogP contribution in [0.15, 0.2) is 51.8 Å². The van der Waals surface area contributed by atoms with Crippen LogP contribution in [0.5, 0.6) is 5.75 Å². The first-order valence-electron chi connectivity index (χ1n) is 9.56. The highest BCUT2D eigenvalue weighted by Gasteiger charge is 2.27. The summed E-state index contributed by atoms with van der Waals surface area (Å²) in [7, 11) is -3.46. The summed E-state index contributed by atoms with van der Waals surface area (Å²) in [5.41, 5.74) is 1.67. The molecule has 2 aromatic carbocycles. The van der Waals surface area contributed by atoms with Crippen molar-refractivity contribution in [3.05, 3.63) is 58.1 Å². The van der Waals surface area contributed by atoms with E-state index in [0.717, 1.165) is 22.9 Å². The average molecular weight is 481 g/mol. The summed E-state index contributed by atoms with van der Waals surface area (Å²) in [4.78, 5) is 12.5. The molecule has 2 aromatic rings. The highest BCUT2D eigenvalue weighted by atomic mass is 79.9. The van der Waals surface area contributed by atoms with Gasteiger partial charge in [-0.15, -0.1) is 0 Å². The maximum absolute atomic E-state index is 12.7. The Morgan fingerprint density at radius 2 is 1.93 bits per heavy atom. The molecule has 1 heterocycles. The van der Waals surface area contributed by atoms with Gasteiger partial charge in [-0.3, -0.25) is 4.79 Å². The van der Waals surface area contributed by atoms with Crippen molar-refractivity contribution >= 4 is 31.9 Å². The fourth-order valence-corrected chi connectivity index (χ4v) is 5.33. The van der Waals surface area contributed by atoms with Crippen LogP contribution in [-0.4, -0.2) is 38.3 Å². The molecule has 6 nitrogen and oxygen atoms in total. The fourth-order valence-electron chi connectivity index (χ4n) is 3.31. The molecule has 0 saturated carbocycles. The Hall–Kier alpha value is -1.90. The van der Waals surface area contributed by atoms with Gasteiger partial charge in [0, 0.05) is 17.6 Å². The van der Waals surface area contributed by atoms with Crippen molar-refractivity contribution in [1.29, 1.82) is 0 Å². The van der Waals surface area contributed by atoms with Gasteiger partial charge in [0.05, 0.1) is 10.9 Å². The Kier molecular flexibility index (Phi) is 6.97. The molecule has 0 radical (unpaired) electrons. The predicted molar refractivity (Wildman–Crippen MR) is 115 cm³/mol. The Morgan fingerprint density at radius 3 is 2.59 bits per heavy atom. The van der Waals surface area contributed by atoms with Gasteiger partial charge >= 0.3 is 0 Å². The highest BCUT2D eigenvalue weighted by Crippen LogP contribution is 2.26. The molecule has 8 heteroatoms. The van der Waals surface area contributed by atoms with E-state index in [2.05, 4.69) is 21.2 Å². The number of nitrogens with one attached hydrogen (secondary N) is 1. The molecule has 0 unspecified atom stereocenters. The summed E-state index contributed by atoms with van der Waals surface area (Å²) in [6, 6.07) is 12.3. The molecular weight excluding hydrogens is 456 g/mol. The molecule has 1 atom stereocenters. The summed E-state index contributed by atoms with van der Waals surface area (Å²) >= 11 is 3.42. The molecule has 1 fully saturated rings. The average Bonchev–Trinajstić information content (AvgIpc) is 3.22. The van der Waals surface area contributed by atoms with Crippen LogP contribution in [0.1, 0.15) is 36.9 Å². The number of halogens is 1. The Morgan fingerprint density at radius 1 is 1.21 bits per heavy atom. The lowest BCUT2D eigenvalue weighted by atomic mass is 10.1. The summed E-state index contributed by atoms with van der Waals surface area (Å²) < 4.78 is 33.4. The normalized spacial score (nSPS) is 15.8. The van der Waals surface area contributed by atoms with Gasteiger partial charge in [-0.25, -0.2) is 8.42 Å². The van der Waals surface area contributed by atoms with E-state index in [1.54, 1.807) is 19.1 Å². The molecule has 156 valence electrons. The molecule has 1 aliphatic heterocycles. The molecule has 0 aliphatic carbocycles. The van der Waals surface area contributed by atoms with Crippen LogP contribution in [0.25, 0.3) is 0 Å². The van der Waals surface area contributed by atoms with Gasteiger partial charge in [-0.2, -0.15) is 4.31 Å². The van der Waals surface area contributed by atoms with E-state index in [1.807, 2.05) is 31.2 Å². The maximum Gasteiger partial charge on any atom is 0.258 e. The van der Waals surface area contributed by atoms with Crippen LogP contribution >= 0.6 is 15.9 Å². The minimum absolute atomic E-state index is 0.141. The van der Waals surface area contributed by atoms with E-state index in [-0.39, 0.29) is 23.5 Å². The van der Waals surface area contributed by atoms with Crippen molar-refractivity contribution < 1.29 is 17.9 Å². The van der Waals surface area contributed by atoms with Gasteiger partial charge in [0.2, 0.25) is 10.0 Å². The molecule has 3 rings (SSSR count). The number of carbonyl (C=O) groups is 1. The molecule has 0 bridgehead atoms. The second kappa shape index (κ2) is 9.28. The molecule has 1 saturated heterocycles. The fraction of sp³-hybridized carbons (Fsp3) is 0.381. The van der Waals surface area contributed by atoms with Crippen molar-refractivity contribution in [2.24, 2.45) is 0 Å². The number of rotatable bonds is 7. The lowest BCUT2D eigenvalue weighted by Crippen LogP contribution is -2.31. The number of hydrogen-bond donors (Lipinski definition) is 1. The zero-order valence-electron chi connectivity index (χ0n) is 16.5. The maximum atomic E-state index is 12.7. The van der Waals surface area contributed by atoms with Crippen molar-refractivity contribution in [2.75, 3.05) is 19.7 Å². The summed E-state index contributed by atoms with van der Waals surface area (Å²) in [6.45, 7) is 4.67. The minimum atomic E-state index is -3.46. The molecule has 1 amide bonds. The van der Waals surface area contributed by atoms with Crippen LogP contribution < -0.4 is 10.1 Å². The third-order valence-corrected chi connectivity index (χ3v) is 7.32. The second-order valence-corrected chi connectivity index (χ2v) is 10.0. The highest BCUT2D eigenvalue weighted by molar-refractivity contribution is 9.10. The van der Waals surface area contributed by atoms with Crippen molar-refractivity contribution in [1.82, 2.24) is 9.62 Å². The number of carbonyl (C=O) groups excluding carboxylic acids is 1. The second-order valence-electron chi connectivity index (χ2n) is 7.17. The largest absolute Gasteiger partial charge is 0.484 e. The minimum Gasteiger partial charge on any atom is -0.484 e. The molecule has 29 heavy (non-hydrogen) atoms. The molecule has 1 N–H and O–H groups in total. The summed E-state index contributed by atoms with van der Waals surface area (Å²) in [5, 5.41) is 2.90. The third kappa shape index (κ3) is 5.38. The van der Waals surface area contributed by atoms with E-state index >= 15 is 0 Å². The Bertz CT molecular complexity index is 988. The van der Waals surface area contributed by atoms with Gasteiger partial charge in [-0.05, 0) is 68.1 Å². The molecular formula is C21H25BrN2O4S. The van der Waals surface area contributed by atoms with Gasteiger partial charge in [0.1, 0.15) is 5.75 Å². The van der Waals surface area contributed by atoms with Crippen LogP contribution in [0.2, 0.25) is 0 Å². The molecule has 1 aliphatic rings. The number of benzene rings is 2. The molecule has 0 spiro atoms. The van der Waals surface area contributed by atoms with Crippen LogP contribution in [0.3, 0.4) is 0 Å². The summed E-state index contributed by atoms with van der Waals surface area (Å²) in [6.07, 6.45) is 1.79. The number of aryl methyl sites for hydroxylation is 1. The van der Waals surface area contributed by atoms with E-state index in [4.69, 9.17) is 4.74 Å². The number of nitrogens with zero attached hydrogens (tertiary/aromatic N) is 1. The standard InChI is InChI=1S/C21H25BrN2O4S/c1-15-12-19(29(26,27)24-10-3-4-11-24)8-9-20(15)28-14-21(25)23-16(2)17-6-5-7-18(22)13-17/h5-9,12-13,16H,3-4,10-11,14H2,1-2H3,(H,23,25)/t16-/m0/s1. The number of hydrogen-bond acceptors (Lipinski definition) is 4. The van der Waals surface area contributed by atoms with Gasteiger partial charge in [0.25, 0.3) is 5.91 Å². The monoisotopic (exact) mass is 480 g/mol. The van der Waals surface area contributed by atoms with Gasteiger partial charge < -0.3 is 10.1 Å². The predicted octanol–water partition coefficient (Wildman–Crippen LogP) is 3.80. The lowest BCUT2D eigenvalue weighted by Gasteiger charge is -2.17. The quantitative estimate of drug-likeness (QED) is 0.653. The molecule has 0 aromatic heterocycles. The summed E-state index contributed by atoms with van der Waals surface area (Å²) in [5.74, 6) is 0.251.